The minimum Gasteiger partial charge on any atom is -0.457 e. The molecule has 0 aliphatic heterocycles. The summed E-state index contributed by atoms with van der Waals surface area (Å²) in [5.74, 6) is -0.185. The highest BCUT2D eigenvalue weighted by molar-refractivity contribution is 9.10. The van der Waals surface area contributed by atoms with Gasteiger partial charge < -0.3 is 9.73 Å². The SMILES string of the molecule is CC(CCNC(=O)c1ccoc1Br)S(C)=O. The van der Waals surface area contributed by atoms with E-state index in [4.69, 9.17) is 4.42 Å². The van der Waals surface area contributed by atoms with Crippen molar-refractivity contribution in [3.8, 4) is 0 Å². The Morgan fingerprint density at radius 1 is 1.69 bits per heavy atom. The molecule has 2 atom stereocenters. The Hall–Kier alpha value is -0.620. The number of nitrogens with one attached hydrogen (secondary N) is 1. The Kier molecular flexibility index (Phi) is 5.21. The molecule has 1 rings (SSSR count). The molecule has 1 amide bonds. The molecular formula is C10H14BrNO3S. The molecule has 0 fully saturated rings. The minimum absolute atomic E-state index is 0.0908. The van der Waals surface area contributed by atoms with Crippen molar-refractivity contribution in [2.24, 2.45) is 0 Å². The van der Waals surface area contributed by atoms with Crippen LogP contribution in [0.1, 0.15) is 23.7 Å². The summed E-state index contributed by atoms with van der Waals surface area (Å²) in [6, 6.07) is 1.60. The molecule has 0 aromatic carbocycles. The summed E-state index contributed by atoms with van der Waals surface area (Å²) in [6.07, 6.45) is 3.81. The Labute approximate surface area is 105 Å². The van der Waals surface area contributed by atoms with E-state index in [1.807, 2.05) is 6.92 Å². The quantitative estimate of drug-likeness (QED) is 0.904. The van der Waals surface area contributed by atoms with Gasteiger partial charge in [0, 0.05) is 28.9 Å². The molecule has 0 spiro atoms. The van der Waals surface area contributed by atoms with Crippen molar-refractivity contribution in [2.75, 3.05) is 12.8 Å². The highest BCUT2D eigenvalue weighted by Crippen LogP contribution is 2.16. The van der Waals surface area contributed by atoms with E-state index in [1.54, 1.807) is 12.3 Å². The predicted octanol–water partition coefficient (Wildman–Crippen LogP) is 1.93. The van der Waals surface area contributed by atoms with Crippen LogP contribution in [0.3, 0.4) is 0 Å². The summed E-state index contributed by atoms with van der Waals surface area (Å²) < 4.78 is 16.5. The van der Waals surface area contributed by atoms with Gasteiger partial charge >= 0.3 is 0 Å². The van der Waals surface area contributed by atoms with Crippen LogP contribution in [0.15, 0.2) is 21.4 Å². The fourth-order valence-electron chi connectivity index (χ4n) is 1.11. The maximum absolute atomic E-state index is 11.6. The third kappa shape index (κ3) is 3.75. The van der Waals surface area contributed by atoms with E-state index in [0.717, 1.165) is 0 Å². The zero-order valence-electron chi connectivity index (χ0n) is 9.16. The fraction of sp³-hybridized carbons (Fsp3) is 0.500. The van der Waals surface area contributed by atoms with E-state index < -0.39 is 10.8 Å². The third-order valence-electron chi connectivity index (χ3n) is 2.27. The fourth-order valence-corrected chi connectivity index (χ4v) is 1.98. The van der Waals surface area contributed by atoms with Gasteiger partial charge in [0.1, 0.15) is 0 Å². The highest BCUT2D eigenvalue weighted by atomic mass is 79.9. The van der Waals surface area contributed by atoms with Gasteiger partial charge in [-0.3, -0.25) is 9.00 Å². The summed E-state index contributed by atoms with van der Waals surface area (Å²) in [4.78, 5) is 11.6. The zero-order valence-corrected chi connectivity index (χ0v) is 11.6. The molecule has 1 aromatic heterocycles. The Morgan fingerprint density at radius 2 is 2.38 bits per heavy atom. The van der Waals surface area contributed by atoms with Crippen molar-refractivity contribution in [2.45, 2.75) is 18.6 Å². The lowest BCUT2D eigenvalue weighted by Crippen LogP contribution is -2.27. The van der Waals surface area contributed by atoms with Crippen LogP contribution in [-0.4, -0.2) is 28.2 Å². The molecular weight excluding hydrogens is 294 g/mol. The molecule has 16 heavy (non-hydrogen) atoms. The third-order valence-corrected chi connectivity index (χ3v) is 4.25. The molecule has 6 heteroatoms. The number of halogens is 1. The molecule has 0 saturated carbocycles. The van der Waals surface area contributed by atoms with Crippen molar-refractivity contribution in [3.63, 3.8) is 0 Å². The van der Waals surface area contributed by atoms with Gasteiger partial charge in [-0.25, -0.2) is 0 Å². The molecule has 0 radical (unpaired) electrons. The molecule has 0 bridgehead atoms. The van der Waals surface area contributed by atoms with Gasteiger partial charge in [0.05, 0.1) is 11.8 Å². The molecule has 1 heterocycles. The van der Waals surface area contributed by atoms with E-state index in [2.05, 4.69) is 21.2 Å². The van der Waals surface area contributed by atoms with Crippen LogP contribution in [0, 0.1) is 0 Å². The summed E-state index contributed by atoms with van der Waals surface area (Å²) in [5.41, 5.74) is 0.477. The number of hydrogen-bond donors (Lipinski definition) is 1. The number of carbonyl (C=O) groups excluding carboxylic acids is 1. The standard InChI is InChI=1S/C10H14BrNO3S/c1-7(16(2)14)3-5-12-10(13)8-4-6-15-9(8)11/h4,6-7H,3,5H2,1-2H3,(H,12,13). The van der Waals surface area contributed by atoms with Crippen molar-refractivity contribution in [1.82, 2.24) is 5.32 Å². The predicted molar refractivity (Wildman–Crippen MR) is 66.9 cm³/mol. The molecule has 0 saturated heterocycles. The van der Waals surface area contributed by atoms with Gasteiger partial charge in [0.2, 0.25) is 0 Å². The second-order valence-corrected chi connectivity index (χ2v) is 5.98. The van der Waals surface area contributed by atoms with Crippen LogP contribution in [0.5, 0.6) is 0 Å². The van der Waals surface area contributed by atoms with Crippen LogP contribution in [0.4, 0.5) is 0 Å². The average Bonchev–Trinajstić information content (AvgIpc) is 2.64. The normalized spacial score (nSPS) is 14.4. The first-order valence-corrected chi connectivity index (χ1v) is 7.27. The number of furan rings is 1. The van der Waals surface area contributed by atoms with Crippen LogP contribution in [-0.2, 0) is 10.8 Å². The van der Waals surface area contributed by atoms with E-state index in [9.17, 15) is 9.00 Å². The first-order chi connectivity index (χ1) is 7.52. The van der Waals surface area contributed by atoms with Gasteiger partial charge in [-0.1, -0.05) is 6.92 Å². The lowest BCUT2D eigenvalue weighted by Gasteiger charge is -2.08. The minimum atomic E-state index is -0.845. The van der Waals surface area contributed by atoms with Crippen LogP contribution in [0.2, 0.25) is 0 Å². The lowest BCUT2D eigenvalue weighted by molar-refractivity contribution is 0.0951. The van der Waals surface area contributed by atoms with Crippen LogP contribution < -0.4 is 5.32 Å². The highest BCUT2D eigenvalue weighted by Gasteiger charge is 2.12. The second kappa shape index (κ2) is 6.20. The number of rotatable bonds is 5. The molecule has 90 valence electrons. The van der Waals surface area contributed by atoms with E-state index >= 15 is 0 Å². The van der Waals surface area contributed by atoms with Gasteiger partial charge in [-0.05, 0) is 28.4 Å². The summed E-state index contributed by atoms with van der Waals surface area (Å²) in [5, 5.41) is 2.84. The molecule has 2 unspecified atom stereocenters. The largest absolute Gasteiger partial charge is 0.457 e. The summed E-state index contributed by atoms with van der Waals surface area (Å²) >= 11 is 3.13. The van der Waals surface area contributed by atoms with Crippen molar-refractivity contribution in [3.05, 3.63) is 22.6 Å². The first-order valence-electron chi connectivity index (χ1n) is 4.85. The van der Waals surface area contributed by atoms with Gasteiger partial charge in [-0.15, -0.1) is 0 Å². The van der Waals surface area contributed by atoms with Gasteiger partial charge in [0.15, 0.2) is 4.67 Å². The average molecular weight is 308 g/mol. The Balaban J connectivity index is 2.37. The number of hydrogen-bond acceptors (Lipinski definition) is 3. The molecule has 4 nitrogen and oxygen atoms in total. The molecule has 1 aromatic rings. The van der Waals surface area contributed by atoms with Crippen molar-refractivity contribution in [1.29, 1.82) is 0 Å². The van der Waals surface area contributed by atoms with E-state index in [1.165, 1.54) is 6.26 Å². The monoisotopic (exact) mass is 307 g/mol. The maximum Gasteiger partial charge on any atom is 0.255 e. The summed E-state index contributed by atoms with van der Waals surface area (Å²) in [7, 11) is -0.845. The van der Waals surface area contributed by atoms with Crippen molar-refractivity contribution < 1.29 is 13.4 Å². The van der Waals surface area contributed by atoms with Crippen molar-refractivity contribution >= 4 is 32.6 Å². The van der Waals surface area contributed by atoms with Gasteiger partial charge in [0.25, 0.3) is 5.91 Å². The topological polar surface area (TPSA) is 59.3 Å². The number of carbonyl (C=O) groups is 1. The first kappa shape index (κ1) is 13.4. The Bertz CT molecular complexity index is 391. The smallest absolute Gasteiger partial charge is 0.255 e. The lowest BCUT2D eigenvalue weighted by atomic mass is 10.3. The van der Waals surface area contributed by atoms with Crippen LogP contribution in [0.25, 0.3) is 0 Å². The number of amides is 1. The van der Waals surface area contributed by atoms with E-state index in [-0.39, 0.29) is 11.2 Å². The van der Waals surface area contributed by atoms with E-state index in [0.29, 0.717) is 23.2 Å². The summed E-state index contributed by atoms with van der Waals surface area (Å²) in [6.45, 7) is 2.41. The molecule has 0 aliphatic carbocycles. The zero-order chi connectivity index (χ0) is 12.1. The molecule has 1 N–H and O–H groups in total. The second-order valence-electron chi connectivity index (χ2n) is 3.46. The molecule has 0 aliphatic rings. The Morgan fingerprint density at radius 3 is 2.88 bits per heavy atom. The maximum atomic E-state index is 11.6. The van der Waals surface area contributed by atoms with Gasteiger partial charge in [-0.2, -0.15) is 0 Å². The van der Waals surface area contributed by atoms with Crippen LogP contribution >= 0.6 is 15.9 Å².